The minimum absolute atomic E-state index is 0. The zero-order valence-corrected chi connectivity index (χ0v) is 12.9. The number of nitrogens with one attached hydrogen (secondary N) is 1. The van der Waals surface area contributed by atoms with Gasteiger partial charge in [-0.05, 0) is 36.4 Å². The van der Waals surface area contributed by atoms with Gasteiger partial charge in [0.05, 0.1) is 0 Å². The molecule has 0 unspecified atom stereocenters. The van der Waals surface area contributed by atoms with Gasteiger partial charge < -0.3 is 15.5 Å². The molecule has 1 amide bonds. The van der Waals surface area contributed by atoms with Gasteiger partial charge in [0.25, 0.3) is 5.91 Å². The molecule has 0 spiro atoms. The average molecular weight is 331 g/mol. The molecule has 23 heavy (non-hydrogen) atoms. The number of hydrogen-bond acceptors (Lipinski definition) is 3. The van der Waals surface area contributed by atoms with Crippen LogP contribution in [0.15, 0.2) is 60.8 Å². The van der Waals surface area contributed by atoms with Crippen molar-refractivity contribution in [2.45, 2.75) is 0 Å². The lowest BCUT2D eigenvalue weighted by molar-refractivity contribution is -0.118. The third kappa shape index (κ3) is 4.18. The molecule has 0 aliphatic rings. The van der Waals surface area contributed by atoms with Crippen molar-refractivity contribution >= 4 is 34.1 Å². The molecule has 3 rings (SSSR count). The number of hydrogen-bond donors (Lipinski definition) is 1. The van der Waals surface area contributed by atoms with E-state index in [-0.39, 0.29) is 18.0 Å². The lowest BCUT2D eigenvalue weighted by atomic mass is 10.2. The molecule has 1 heterocycles. The molecule has 0 saturated heterocycles. The Balaban J connectivity index is 0.00000192. The number of aromatic nitrogens is 1. The summed E-state index contributed by atoms with van der Waals surface area (Å²) in [6, 6.07) is 16.3. The minimum Gasteiger partial charge on any atom is -0.481 e. The number of pyridine rings is 1. The Kier molecular flexibility index (Phi) is 5.51. The Morgan fingerprint density at radius 2 is 1.83 bits per heavy atom. The van der Waals surface area contributed by atoms with Gasteiger partial charge in [0.15, 0.2) is 6.61 Å². The van der Waals surface area contributed by atoms with E-state index in [2.05, 4.69) is 10.3 Å². The number of benzene rings is 2. The minimum atomic E-state index is -0.241. The summed E-state index contributed by atoms with van der Waals surface area (Å²) in [6.07, 6.45) is 1.70. The third-order valence-corrected chi connectivity index (χ3v) is 3.33. The number of anilines is 1. The highest BCUT2D eigenvalue weighted by Gasteiger charge is 2.07. The van der Waals surface area contributed by atoms with Crippen molar-refractivity contribution in [3.63, 3.8) is 0 Å². The van der Waals surface area contributed by atoms with Crippen molar-refractivity contribution in [1.29, 1.82) is 0 Å². The molecule has 0 saturated carbocycles. The number of carbonyl (C=O) groups excluding carboxylic acids is 1. The van der Waals surface area contributed by atoms with Gasteiger partial charge in [-0.2, -0.15) is 0 Å². The number of halogens is 1. The molecule has 5 nitrogen and oxygen atoms in total. The normalized spacial score (nSPS) is 9.96. The van der Waals surface area contributed by atoms with Crippen molar-refractivity contribution in [2.24, 2.45) is 0 Å². The molecule has 0 fully saturated rings. The van der Waals surface area contributed by atoms with Crippen LogP contribution in [0.4, 0.5) is 5.69 Å². The predicted molar refractivity (Wildman–Crippen MR) is 90.9 cm³/mol. The van der Waals surface area contributed by atoms with Crippen molar-refractivity contribution in [1.82, 2.24) is 4.98 Å². The van der Waals surface area contributed by atoms with Crippen LogP contribution in [0.2, 0.25) is 5.02 Å². The van der Waals surface area contributed by atoms with Gasteiger partial charge in [-0.15, -0.1) is 0 Å². The molecular weight excluding hydrogens is 316 g/mol. The molecule has 1 aromatic heterocycles. The van der Waals surface area contributed by atoms with Gasteiger partial charge in [-0.3, -0.25) is 9.78 Å². The fourth-order valence-corrected chi connectivity index (χ4v) is 2.19. The van der Waals surface area contributed by atoms with Crippen LogP contribution in [-0.2, 0) is 4.79 Å². The highest BCUT2D eigenvalue weighted by molar-refractivity contribution is 6.30. The maximum Gasteiger partial charge on any atom is 0.262 e. The maximum atomic E-state index is 11.9. The summed E-state index contributed by atoms with van der Waals surface area (Å²) < 4.78 is 5.58. The fraction of sp³-hybridized carbons (Fsp3) is 0.0588. The number of nitrogens with zero attached hydrogens (tertiary/aromatic N) is 1. The van der Waals surface area contributed by atoms with E-state index in [1.165, 1.54) is 0 Å². The van der Waals surface area contributed by atoms with Crippen molar-refractivity contribution in [2.75, 3.05) is 11.9 Å². The molecule has 0 aliphatic heterocycles. The van der Waals surface area contributed by atoms with Gasteiger partial charge in [0, 0.05) is 22.3 Å². The maximum absolute atomic E-state index is 11.9. The van der Waals surface area contributed by atoms with Crippen LogP contribution >= 0.6 is 11.6 Å². The summed E-state index contributed by atoms with van der Waals surface area (Å²) in [5.74, 6) is 0.347. The first kappa shape index (κ1) is 16.7. The van der Waals surface area contributed by atoms with Gasteiger partial charge >= 0.3 is 0 Å². The van der Waals surface area contributed by atoms with E-state index in [1.54, 1.807) is 36.5 Å². The average Bonchev–Trinajstić information content (AvgIpc) is 2.55. The number of amides is 1. The van der Waals surface area contributed by atoms with E-state index in [0.29, 0.717) is 16.5 Å². The highest BCUT2D eigenvalue weighted by Crippen LogP contribution is 2.22. The Morgan fingerprint density at radius 1 is 1.09 bits per heavy atom. The molecule has 6 heteroatoms. The van der Waals surface area contributed by atoms with Crippen LogP contribution < -0.4 is 10.1 Å². The van der Waals surface area contributed by atoms with Crippen LogP contribution in [0.5, 0.6) is 5.75 Å². The smallest absolute Gasteiger partial charge is 0.262 e. The first-order valence-electron chi connectivity index (χ1n) is 6.74. The van der Waals surface area contributed by atoms with Crippen LogP contribution in [0, 0.1) is 0 Å². The molecular formula is C17H15ClN2O3. The van der Waals surface area contributed by atoms with E-state index in [9.17, 15) is 4.79 Å². The first-order chi connectivity index (χ1) is 10.7. The predicted octanol–water partition coefficient (Wildman–Crippen LogP) is 3.08. The topological polar surface area (TPSA) is 82.7 Å². The summed E-state index contributed by atoms with van der Waals surface area (Å²) in [6.45, 7) is -0.0850. The number of carbonyl (C=O) groups is 1. The quantitative estimate of drug-likeness (QED) is 0.798. The largest absolute Gasteiger partial charge is 0.481 e. The van der Waals surface area contributed by atoms with Crippen molar-refractivity contribution < 1.29 is 15.0 Å². The van der Waals surface area contributed by atoms with E-state index in [0.717, 1.165) is 10.9 Å². The van der Waals surface area contributed by atoms with Crippen LogP contribution in [0.1, 0.15) is 0 Å². The van der Waals surface area contributed by atoms with Gasteiger partial charge in [0.2, 0.25) is 0 Å². The Hall–Kier alpha value is -2.63. The molecule has 0 radical (unpaired) electrons. The molecule has 0 aliphatic carbocycles. The second-order valence-corrected chi connectivity index (χ2v) is 5.11. The zero-order chi connectivity index (χ0) is 15.4. The first-order valence-corrected chi connectivity index (χ1v) is 7.12. The lowest BCUT2D eigenvalue weighted by Gasteiger charge is -2.09. The summed E-state index contributed by atoms with van der Waals surface area (Å²) >= 11 is 5.80. The lowest BCUT2D eigenvalue weighted by Crippen LogP contribution is -2.20. The van der Waals surface area contributed by atoms with Crippen molar-refractivity contribution in [3.8, 4) is 5.75 Å². The second kappa shape index (κ2) is 7.58. The molecule has 0 bridgehead atoms. The SMILES string of the molecule is O.O=C(COc1cccc2cccnc12)Nc1ccc(Cl)cc1. The Labute approximate surface area is 138 Å². The number of ether oxygens (including phenoxy) is 1. The molecule has 0 atom stereocenters. The third-order valence-electron chi connectivity index (χ3n) is 3.08. The summed E-state index contributed by atoms with van der Waals surface area (Å²) in [5.41, 5.74) is 1.42. The van der Waals surface area contributed by atoms with Gasteiger partial charge in [0.1, 0.15) is 11.3 Å². The molecule has 3 N–H and O–H groups in total. The number of para-hydroxylation sites is 1. The molecule has 2 aromatic carbocycles. The van der Waals surface area contributed by atoms with Crippen LogP contribution in [0.25, 0.3) is 10.9 Å². The number of fused-ring (bicyclic) bond motifs is 1. The van der Waals surface area contributed by atoms with Crippen LogP contribution in [0.3, 0.4) is 0 Å². The fourth-order valence-electron chi connectivity index (χ4n) is 2.07. The molecule has 118 valence electrons. The van der Waals surface area contributed by atoms with Gasteiger partial charge in [-0.1, -0.05) is 29.8 Å². The standard InChI is InChI=1S/C17H13ClN2O2.H2O/c18-13-6-8-14(9-7-13)20-16(21)11-22-15-5-1-3-12-4-2-10-19-17(12)15;/h1-10H,11H2,(H,20,21);1H2. The van der Waals surface area contributed by atoms with E-state index in [1.807, 2.05) is 24.3 Å². The second-order valence-electron chi connectivity index (χ2n) is 4.68. The van der Waals surface area contributed by atoms with Crippen molar-refractivity contribution in [3.05, 3.63) is 65.8 Å². The Bertz CT molecular complexity index is 801. The molecule has 3 aromatic rings. The summed E-state index contributed by atoms with van der Waals surface area (Å²) in [7, 11) is 0. The van der Waals surface area contributed by atoms with E-state index in [4.69, 9.17) is 16.3 Å². The number of rotatable bonds is 4. The van der Waals surface area contributed by atoms with Crippen LogP contribution in [-0.4, -0.2) is 23.0 Å². The van der Waals surface area contributed by atoms with E-state index < -0.39 is 0 Å². The monoisotopic (exact) mass is 330 g/mol. The zero-order valence-electron chi connectivity index (χ0n) is 12.1. The van der Waals surface area contributed by atoms with E-state index >= 15 is 0 Å². The summed E-state index contributed by atoms with van der Waals surface area (Å²) in [5, 5.41) is 4.34. The van der Waals surface area contributed by atoms with Gasteiger partial charge in [-0.25, -0.2) is 0 Å². The Morgan fingerprint density at radius 3 is 2.61 bits per heavy atom. The highest BCUT2D eigenvalue weighted by atomic mass is 35.5. The summed E-state index contributed by atoms with van der Waals surface area (Å²) in [4.78, 5) is 16.2.